The van der Waals surface area contributed by atoms with E-state index in [-0.39, 0.29) is 6.04 Å². The van der Waals surface area contributed by atoms with Gasteiger partial charge >= 0.3 is 0 Å². The Morgan fingerprint density at radius 3 is 2.56 bits per heavy atom. The number of hydrogen-bond acceptors (Lipinski definition) is 5. The minimum absolute atomic E-state index is 0.0771. The highest BCUT2D eigenvalue weighted by Gasteiger charge is 2.25. The highest BCUT2D eigenvalue weighted by molar-refractivity contribution is 6.35. The van der Waals surface area contributed by atoms with Gasteiger partial charge in [-0.15, -0.1) is 0 Å². The summed E-state index contributed by atoms with van der Waals surface area (Å²) in [7, 11) is 0. The van der Waals surface area contributed by atoms with Crippen molar-refractivity contribution in [1.82, 2.24) is 24.6 Å². The topological polar surface area (TPSA) is 50.1 Å². The molecule has 5 rings (SSSR count). The van der Waals surface area contributed by atoms with Crippen LogP contribution in [0.3, 0.4) is 0 Å². The number of benzene rings is 1. The second kappa shape index (κ2) is 9.16. The van der Waals surface area contributed by atoms with Gasteiger partial charge in [0, 0.05) is 29.7 Å². The summed E-state index contributed by atoms with van der Waals surface area (Å²) in [4.78, 5) is 14.8. The van der Waals surface area contributed by atoms with Crippen molar-refractivity contribution in [3.63, 3.8) is 0 Å². The molecule has 170 valence electrons. The first kappa shape index (κ1) is 21.9. The molecule has 0 radical (unpaired) electrons. The van der Waals surface area contributed by atoms with E-state index in [1.54, 1.807) is 6.07 Å². The lowest BCUT2D eigenvalue weighted by Crippen LogP contribution is -2.38. The van der Waals surface area contributed by atoms with Crippen molar-refractivity contribution in [2.24, 2.45) is 5.92 Å². The van der Waals surface area contributed by atoms with Crippen LogP contribution < -0.4 is 4.90 Å². The fraction of sp³-hybridized carbons (Fsp3) is 0.542. The third-order valence-electron chi connectivity index (χ3n) is 6.99. The summed E-state index contributed by atoms with van der Waals surface area (Å²) >= 11 is 12.6. The molecule has 1 atom stereocenters. The Labute approximate surface area is 199 Å². The summed E-state index contributed by atoms with van der Waals surface area (Å²) < 4.78 is 1.94. The van der Waals surface area contributed by atoms with Crippen molar-refractivity contribution in [2.75, 3.05) is 37.6 Å². The molecular formula is C24H30Cl2N6. The highest BCUT2D eigenvalue weighted by atomic mass is 35.5. The lowest BCUT2D eigenvalue weighted by molar-refractivity contribution is 0.249. The molecule has 0 unspecified atom stereocenters. The number of hydrogen-bond donors (Lipinski definition) is 0. The number of rotatable bonds is 5. The Balaban J connectivity index is 1.37. The fourth-order valence-electron chi connectivity index (χ4n) is 5.11. The number of aryl methyl sites for hydroxylation is 1. The van der Waals surface area contributed by atoms with Crippen molar-refractivity contribution in [1.29, 1.82) is 0 Å². The molecule has 2 saturated heterocycles. The van der Waals surface area contributed by atoms with Crippen molar-refractivity contribution in [3.8, 4) is 0 Å². The average molecular weight is 473 g/mol. The third-order valence-corrected chi connectivity index (χ3v) is 7.55. The first-order chi connectivity index (χ1) is 15.5. The van der Waals surface area contributed by atoms with Gasteiger partial charge in [-0.3, -0.25) is 0 Å². The number of halogens is 2. The molecular weight excluding hydrogens is 443 g/mol. The molecule has 0 spiro atoms. The number of anilines is 1. The molecule has 0 N–H and O–H groups in total. The van der Waals surface area contributed by atoms with E-state index < -0.39 is 0 Å². The van der Waals surface area contributed by atoms with E-state index in [0.717, 1.165) is 47.2 Å². The molecule has 4 heterocycles. The van der Waals surface area contributed by atoms with Gasteiger partial charge in [-0.05, 0) is 76.2 Å². The summed E-state index contributed by atoms with van der Waals surface area (Å²) in [6.45, 7) is 9.94. The molecule has 0 amide bonds. The van der Waals surface area contributed by atoms with Crippen molar-refractivity contribution in [2.45, 2.75) is 45.6 Å². The van der Waals surface area contributed by atoms with E-state index in [2.05, 4.69) is 16.7 Å². The minimum Gasteiger partial charge on any atom is -0.355 e. The molecule has 6 nitrogen and oxygen atoms in total. The molecule has 32 heavy (non-hydrogen) atoms. The zero-order chi connectivity index (χ0) is 22.2. The third kappa shape index (κ3) is 4.33. The molecule has 2 aliphatic rings. The van der Waals surface area contributed by atoms with Crippen LogP contribution in [-0.2, 0) is 0 Å². The molecule has 0 saturated carbocycles. The van der Waals surface area contributed by atoms with Crippen LogP contribution in [0.15, 0.2) is 24.4 Å². The molecule has 8 heteroatoms. The summed E-state index contributed by atoms with van der Waals surface area (Å²) in [5, 5.41) is 6.02. The number of aromatic nitrogens is 4. The normalized spacial score (nSPS) is 19.2. The lowest BCUT2D eigenvalue weighted by Gasteiger charge is -2.34. The van der Waals surface area contributed by atoms with Gasteiger partial charge in [-0.2, -0.15) is 5.10 Å². The number of piperidine rings is 1. The quantitative estimate of drug-likeness (QED) is 0.499. The predicted octanol–water partition coefficient (Wildman–Crippen LogP) is 5.36. The first-order valence-corrected chi connectivity index (χ1v) is 12.4. The van der Waals surface area contributed by atoms with E-state index in [9.17, 15) is 0 Å². The van der Waals surface area contributed by atoms with Crippen LogP contribution in [0.4, 0.5) is 5.82 Å². The van der Waals surface area contributed by atoms with E-state index >= 15 is 0 Å². The molecule has 0 aliphatic carbocycles. The van der Waals surface area contributed by atoms with Crippen molar-refractivity contribution < 1.29 is 0 Å². The lowest BCUT2D eigenvalue weighted by atomic mass is 9.96. The average Bonchev–Trinajstić information content (AvgIpc) is 3.41. The molecule has 0 bridgehead atoms. The maximum absolute atomic E-state index is 6.49. The highest BCUT2D eigenvalue weighted by Crippen LogP contribution is 2.31. The zero-order valence-corrected chi connectivity index (χ0v) is 20.3. The van der Waals surface area contributed by atoms with Gasteiger partial charge in [-0.25, -0.2) is 14.6 Å². The van der Waals surface area contributed by atoms with Gasteiger partial charge in [-0.1, -0.05) is 29.3 Å². The Bertz CT molecular complexity index is 1100. The van der Waals surface area contributed by atoms with E-state index in [0.29, 0.717) is 10.0 Å². The Kier molecular flexibility index (Phi) is 6.28. The molecule has 3 aromatic rings. The maximum Gasteiger partial charge on any atom is 0.179 e. The molecule has 2 fully saturated rings. The van der Waals surface area contributed by atoms with Crippen LogP contribution in [0.25, 0.3) is 11.2 Å². The van der Waals surface area contributed by atoms with Crippen LogP contribution in [-0.4, -0.2) is 57.4 Å². The van der Waals surface area contributed by atoms with Crippen LogP contribution in [0, 0.1) is 12.8 Å². The van der Waals surface area contributed by atoms with Gasteiger partial charge in [0.25, 0.3) is 0 Å². The van der Waals surface area contributed by atoms with Crippen molar-refractivity contribution >= 4 is 40.2 Å². The molecule has 2 aliphatic heterocycles. The van der Waals surface area contributed by atoms with Gasteiger partial charge in [0.05, 0.1) is 17.9 Å². The SMILES string of the molecule is Cc1nn([C@H](C)c2ccc(Cl)cc2Cl)c2nc(N3CCC(CN4CCCC4)CC3)cnc12. The van der Waals surface area contributed by atoms with Crippen LogP contribution in [0.1, 0.15) is 49.9 Å². The predicted molar refractivity (Wildman–Crippen MR) is 131 cm³/mol. The molecule has 2 aromatic heterocycles. The smallest absolute Gasteiger partial charge is 0.179 e. The maximum atomic E-state index is 6.49. The number of fused-ring (bicyclic) bond motifs is 1. The second-order valence-electron chi connectivity index (χ2n) is 9.21. The van der Waals surface area contributed by atoms with Crippen LogP contribution in [0.2, 0.25) is 10.0 Å². The van der Waals surface area contributed by atoms with Gasteiger partial charge in [0.1, 0.15) is 11.3 Å². The Morgan fingerprint density at radius 1 is 1.09 bits per heavy atom. The van der Waals surface area contributed by atoms with E-state index in [1.807, 2.05) is 29.9 Å². The monoisotopic (exact) mass is 472 g/mol. The largest absolute Gasteiger partial charge is 0.355 e. The standard InChI is InChI=1S/C24H30Cl2N6/c1-16-23-24(32(29-16)17(2)20-6-5-19(25)13-21(20)26)28-22(14-27-23)31-11-7-18(8-12-31)15-30-9-3-4-10-30/h5-6,13-14,17-18H,3-4,7-12,15H2,1-2H3/t17-/m1/s1. The van der Waals surface area contributed by atoms with Gasteiger partial charge in [0.2, 0.25) is 0 Å². The summed E-state index contributed by atoms with van der Waals surface area (Å²) in [6, 6.07) is 5.52. The van der Waals surface area contributed by atoms with Crippen LogP contribution in [0.5, 0.6) is 0 Å². The fourth-order valence-corrected chi connectivity index (χ4v) is 5.68. The summed E-state index contributed by atoms with van der Waals surface area (Å²) in [5.74, 6) is 1.73. The number of nitrogens with zero attached hydrogens (tertiary/aromatic N) is 6. The summed E-state index contributed by atoms with van der Waals surface area (Å²) in [5.41, 5.74) is 3.49. The Morgan fingerprint density at radius 2 is 1.84 bits per heavy atom. The minimum atomic E-state index is -0.0771. The van der Waals surface area contributed by atoms with Gasteiger partial charge < -0.3 is 9.80 Å². The Hall–Kier alpha value is -1.89. The van der Waals surface area contributed by atoms with Gasteiger partial charge in [0.15, 0.2) is 5.65 Å². The zero-order valence-electron chi connectivity index (χ0n) is 18.8. The summed E-state index contributed by atoms with van der Waals surface area (Å²) in [6.07, 6.45) is 7.06. The first-order valence-electron chi connectivity index (χ1n) is 11.6. The van der Waals surface area contributed by atoms with E-state index in [1.165, 1.54) is 45.3 Å². The molecule has 1 aromatic carbocycles. The van der Waals surface area contributed by atoms with Crippen molar-refractivity contribution in [3.05, 3.63) is 45.7 Å². The second-order valence-corrected chi connectivity index (χ2v) is 10.1. The number of likely N-dealkylation sites (tertiary alicyclic amines) is 1. The van der Waals surface area contributed by atoms with Crippen LogP contribution >= 0.6 is 23.2 Å². The van der Waals surface area contributed by atoms with E-state index in [4.69, 9.17) is 38.3 Å².